The molecule has 0 radical (unpaired) electrons. The van der Waals surface area contributed by atoms with Crippen LogP contribution in [0.2, 0.25) is 0 Å². The lowest BCUT2D eigenvalue weighted by atomic mass is 9.71. The van der Waals surface area contributed by atoms with Crippen molar-refractivity contribution in [2.45, 2.75) is 57.4 Å². The molecule has 2 aliphatic carbocycles. The molecule has 0 aromatic heterocycles. The number of nitrogens with one attached hydrogen (secondary N) is 1. The van der Waals surface area contributed by atoms with E-state index >= 15 is 0 Å². The second-order valence-corrected chi connectivity index (χ2v) is 6.70. The number of carbonyl (C=O) groups is 1. The Kier molecular flexibility index (Phi) is 3.12. The summed E-state index contributed by atoms with van der Waals surface area (Å²) in [5, 5.41) is 3.28. The first-order valence-electron chi connectivity index (χ1n) is 7.48. The van der Waals surface area contributed by atoms with Gasteiger partial charge in [0.25, 0.3) is 0 Å². The van der Waals surface area contributed by atoms with Crippen LogP contribution in [0.15, 0.2) is 24.3 Å². The Balaban J connectivity index is 1.82. The second-order valence-electron chi connectivity index (χ2n) is 6.70. The SMILES string of the molecule is CC1(C)CCC(NC(=O)C2CCC2)c2ccccc21. The van der Waals surface area contributed by atoms with E-state index in [1.54, 1.807) is 0 Å². The summed E-state index contributed by atoms with van der Waals surface area (Å²) in [5.41, 5.74) is 2.96. The number of hydrogen-bond donors (Lipinski definition) is 1. The lowest BCUT2D eigenvalue weighted by Crippen LogP contribution is -2.40. The zero-order valence-electron chi connectivity index (χ0n) is 11.9. The van der Waals surface area contributed by atoms with Gasteiger partial charge >= 0.3 is 0 Å². The van der Waals surface area contributed by atoms with Crippen molar-refractivity contribution in [2.75, 3.05) is 0 Å². The van der Waals surface area contributed by atoms with Crippen molar-refractivity contribution in [3.8, 4) is 0 Å². The Labute approximate surface area is 115 Å². The molecule has 1 amide bonds. The highest BCUT2D eigenvalue weighted by molar-refractivity contribution is 5.80. The van der Waals surface area contributed by atoms with Crippen molar-refractivity contribution in [3.05, 3.63) is 35.4 Å². The highest BCUT2D eigenvalue weighted by atomic mass is 16.2. The average molecular weight is 257 g/mol. The fraction of sp³-hybridized carbons (Fsp3) is 0.588. The van der Waals surface area contributed by atoms with E-state index in [4.69, 9.17) is 0 Å². The number of carbonyl (C=O) groups excluding carboxylic acids is 1. The fourth-order valence-corrected chi connectivity index (χ4v) is 3.32. The van der Waals surface area contributed by atoms with E-state index in [-0.39, 0.29) is 23.3 Å². The van der Waals surface area contributed by atoms with Gasteiger partial charge in [-0.15, -0.1) is 0 Å². The highest BCUT2D eigenvalue weighted by Crippen LogP contribution is 2.41. The van der Waals surface area contributed by atoms with Gasteiger partial charge in [0.2, 0.25) is 5.91 Å². The number of amides is 1. The molecule has 2 nitrogen and oxygen atoms in total. The molecular weight excluding hydrogens is 234 g/mol. The van der Waals surface area contributed by atoms with Gasteiger partial charge in [0, 0.05) is 5.92 Å². The van der Waals surface area contributed by atoms with Crippen LogP contribution in [-0.2, 0) is 10.2 Å². The Morgan fingerprint density at radius 3 is 2.63 bits per heavy atom. The molecule has 1 aromatic rings. The van der Waals surface area contributed by atoms with Crippen LogP contribution in [0.25, 0.3) is 0 Å². The van der Waals surface area contributed by atoms with E-state index in [0.29, 0.717) is 0 Å². The van der Waals surface area contributed by atoms with Crippen molar-refractivity contribution in [1.82, 2.24) is 5.32 Å². The maximum Gasteiger partial charge on any atom is 0.223 e. The molecule has 0 heterocycles. The predicted octanol–water partition coefficient (Wildman–Crippen LogP) is 3.72. The van der Waals surface area contributed by atoms with Crippen LogP contribution in [0.3, 0.4) is 0 Å². The van der Waals surface area contributed by atoms with Crippen molar-refractivity contribution in [2.24, 2.45) is 5.92 Å². The Morgan fingerprint density at radius 1 is 1.21 bits per heavy atom. The van der Waals surface area contributed by atoms with Gasteiger partial charge in [0.1, 0.15) is 0 Å². The van der Waals surface area contributed by atoms with E-state index in [2.05, 4.69) is 43.4 Å². The average Bonchev–Trinajstić information content (AvgIpc) is 2.31. The summed E-state index contributed by atoms with van der Waals surface area (Å²) >= 11 is 0. The number of rotatable bonds is 2. The molecule has 102 valence electrons. The molecule has 2 aliphatic rings. The number of fused-ring (bicyclic) bond motifs is 1. The molecule has 0 aliphatic heterocycles. The van der Waals surface area contributed by atoms with Crippen LogP contribution < -0.4 is 5.32 Å². The normalized spacial score (nSPS) is 25.3. The summed E-state index contributed by atoms with van der Waals surface area (Å²) < 4.78 is 0. The van der Waals surface area contributed by atoms with E-state index in [9.17, 15) is 4.79 Å². The minimum atomic E-state index is 0.220. The molecule has 1 aromatic carbocycles. The third-order valence-electron chi connectivity index (χ3n) is 4.92. The van der Waals surface area contributed by atoms with Gasteiger partial charge < -0.3 is 5.32 Å². The zero-order chi connectivity index (χ0) is 13.5. The molecule has 1 atom stereocenters. The topological polar surface area (TPSA) is 29.1 Å². The predicted molar refractivity (Wildman–Crippen MR) is 76.9 cm³/mol. The van der Waals surface area contributed by atoms with Gasteiger partial charge in [-0.1, -0.05) is 44.5 Å². The lowest BCUT2D eigenvalue weighted by Gasteiger charge is -2.38. The summed E-state index contributed by atoms with van der Waals surface area (Å²) in [6.07, 6.45) is 5.56. The summed E-state index contributed by atoms with van der Waals surface area (Å²) in [5.74, 6) is 0.549. The van der Waals surface area contributed by atoms with E-state index in [1.807, 2.05) is 0 Å². The van der Waals surface area contributed by atoms with Gasteiger partial charge in [-0.25, -0.2) is 0 Å². The Morgan fingerprint density at radius 2 is 1.95 bits per heavy atom. The number of hydrogen-bond acceptors (Lipinski definition) is 1. The van der Waals surface area contributed by atoms with E-state index in [1.165, 1.54) is 17.5 Å². The second kappa shape index (κ2) is 4.66. The molecule has 1 fully saturated rings. The molecule has 0 saturated heterocycles. The molecule has 1 N–H and O–H groups in total. The third-order valence-corrected chi connectivity index (χ3v) is 4.92. The van der Waals surface area contributed by atoms with Gasteiger partial charge in [-0.05, 0) is 42.2 Å². The molecule has 19 heavy (non-hydrogen) atoms. The molecule has 2 heteroatoms. The van der Waals surface area contributed by atoms with Crippen LogP contribution >= 0.6 is 0 Å². The molecule has 0 spiro atoms. The smallest absolute Gasteiger partial charge is 0.223 e. The molecular formula is C17H23NO. The van der Waals surface area contributed by atoms with Crippen LogP contribution in [0, 0.1) is 5.92 Å². The number of benzene rings is 1. The minimum absolute atomic E-state index is 0.220. The highest BCUT2D eigenvalue weighted by Gasteiger charge is 2.34. The summed E-state index contributed by atoms with van der Waals surface area (Å²) in [6, 6.07) is 8.82. The van der Waals surface area contributed by atoms with Gasteiger partial charge in [0.15, 0.2) is 0 Å². The first-order valence-corrected chi connectivity index (χ1v) is 7.48. The van der Waals surface area contributed by atoms with Crippen molar-refractivity contribution < 1.29 is 4.79 Å². The first kappa shape index (κ1) is 12.7. The summed E-state index contributed by atoms with van der Waals surface area (Å²) in [4.78, 5) is 12.2. The lowest BCUT2D eigenvalue weighted by molar-refractivity contribution is -0.128. The van der Waals surface area contributed by atoms with Crippen LogP contribution in [0.1, 0.15) is 63.1 Å². The maximum absolute atomic E-state index is 12.2. The zero-order valence-corrected chi connectivity index (χ0v) is 11.9. The van der Waals surface area contributed by atoms with Gasteiger partial charge in [-0.2, -0.15) is 0 Å². The fourth-order valence-electron chi connectivity index (χ4n) is 3.32. The quantitative estimate of drug-likeness (QED) is 0.859. The van der Waals surface area contributed by atoms with Crippen LogP contribution in [0.5, 0.6) is 0 Å². The van der Waals surface area contributed by atoms with Crippen molar-refractivity contribution in [3.63, 3.8) is 0 Å². The Bertz CT molecular complexity index is 488. The van der Waals surface area contributed by atoms with Gasteiger partial charge in [-0.3, -0.25) is 4.79 Å². The van der Waals surface area contributed by atoms with E-state index in [0.717, 1.165) is 25.7 Å². The minimum Gasteiger partial charge on any atom is -0.349 e. The molecule has 0 bridgehead atoms. The van der Waals surface area contributed by atoms with E-state index < -0.39 is 0 Å². The summed E-state index contributed by atoms with van der Waals surface area (Å²) in [7, 11) is 0. The van der Waals surface area contributed by atoms with Crippen LogP contribution in [0.4, 0.5) is 0 Å². The Hall–Kier alpha value is -1.31. The largest absolute Gasteiger partial charge is 0.349 e. The first-order chi connectivity index (χ1) is 9.08. The standard InChI is InChI=1S/C17H23NO/c1-17(2)11-10-15(13-8-3-4-9-14(13)17)18-16(19)12-6-5-7-12/h3-4,8-9,12,15H,5-7,10-11H2,1-2H3,(H,18,19). The molecule has 1 unspecified atom stereocenters. The maximum atomic E-state index is 12.2. The monoisotopic (exact) mass is 257 g/mol. The summed E-state index contributed by atoms with van der Waals surface area (Å²) in [6.45, 7) is 4.60. The molecule has 1 saturated carbocycles. The van der Waals surface area contributed by atoms with Crippen LogP contribution in [-0.4, -0.2) is 5.91 Å². The molecule has 3 rings (SSSR count). The third kappa shape index (κ3) is 2.29. The van der Waals surface area contributed by atoms with Crippen molar-refractivity contribution >= 4 is 5.91 Å². The van der Waals surface area contributed by atoms with Gasteiger partial charge in [0.05, 0.1) is 6.04 Å². The van der Waals surface area contributed by atoms with Crippen molar-refractivity contribution in [1.29, 1.82) is 0 Å².